The minimum absolute atomic E-state index is 0.161. The van der Waals surface area contributed by atoms with Crippen LogP contribution in [0.2, 0.25) is 0 Å². The lowest BCUT2D eigenvalue weighted by Gasteiger charge is -2.32. The Morgan fingerprint density at radius 1 is 1.04 bits per heavy atom. The summed E-state index contributed by atoms with van der Waals surface area (Å²) in [6, 6.07) is 18.1. The lowest BCUT2D eigenvalue weighted by atomic mass is 9.95. The molecule has 2 atom stereocenters. The zero-order valence-electron chi connectivity index (χ0n) is 13.6. The maximum atomic E-state index is 12.7. The van der Waals surface area contributed by atoms with Gasteiger partial charge >= 0.3 is 0 Å². The van der Waals surface area contributed by atoms with Gasteiger partial charge < -0.3 is 10.0 Å². The van der Waals surface area contributed by atoms with Crippen LogP contribution in [-0.2, 0) is 9.59 Å². The molecule has 0 saturated carbocycles. The fourth-order valence-electron chi connectivity index (χ4n) is 3.24. The molecule has 0 spiro atoms. The van der Waals surface area contributed by atoms with Gasteiger partial charge in [-0.05, 0) is 25.0 Å². The van der Waals surface area contributed by atoms with E-state index in [2.05, 4.69) is 0 Å². The van der Waals surface area contributed by atoms with Crippen LogP contribution in [0.25, 0.3) is 0 Å². The number of ketones is 1. The highest BCUT2D eigenvalue weighted by Crippen LogP contribution is 2.42. The molecule has 0 aliphatic carbocycles. The van der Waals surface area contributed by atoms with Gasteiger partial charge in [0.15, 0.2) is 11.5 Å². The normalized spacial score (nSPS) is 18.8. The van der Waals surface area contributed by atoms with Gasteiger partial charge in [0, 0.05) is 0 Å². The number of benzene rings is 2. The number of aliphatic hydroxyl groups excluding tert-OH is 1. The maximum absolute atomic E-state index is 12.7. The molecular formula is C20H19NO3. The summed E-state index contributed by atoms with van der Waals surface area (Å²) in [5.41, 5.74) is 1.92. The topological polar surface area (TPSA) is 57.6 Å². The summed E-state index contributed by atoms with van der Waals surface area (Å²) in [6.45, 7) is 3.28. The first-order valence-corrected chi connectivity index (χ1v) is 7.89. The molecule has 0 unspecified atom stereocenters. The van der Waals surface area contributed by atoms with Gasteiger partial charge in [-0.3, -0.25) is 9.59 Å². The van der Waals surface area contributed by atoms with Crippen LogP contribution < -0.4 is 0 Å². The van der Waals surface area contributed by atoms with Crippen molar-refractivity contribution in [2.24, 2.45) is 0 Å². The highest BCUT2D eigenvalue weighted by Gasteiger charge is 2.44. The number of hydrogen-bond acceptors (Lipinski definition) is 3. The molecular weight excluding hydrogens is 302 g/mol. The van der Waals surface area contributed by atoms with Crippen LogP contribution in [0.3, 0.4) is 0 Å². The van der Waals surface area contributed by atoms with E-state index < -0.39 is 17.7 Å². The molecule has 0 saturated heterocycles. The van der Waals surface area contributed by atoms with Crippen molar-refractivity contribution in [3.05, 3.63) is 83.1 Å². The predicted octanol–water partition coefficient (Wildman–Crippen LogP) is 3.73. The van der Waals surface area contributed by atoms with Crippen LogP contribution >= 0.6 is 0 Å². The average molecular weight is 321 g/mol. The Morgan fingerprint density at radius 3 is 2.12 bits per heavy atom. The second-order valence-corrected chi connectivity index (χ2v) is 5.93. The molecule has 0 radical (unpaired) electrons. The summed E-state index contributed by atoms with van der Waals surface area (Å²) in [5.74, 6) is -1.25. The molecule has 3 rings (SSSR count). The van der Waals surface area contributed by atoms with E-state index in [1.54, 1.807) is 4.90 Å². The highest BCUT2D eigenvalue weighted by molar-refractivity contribution is 6.08. The number of Topliss-reactive ketones (excluding diaryl/α,β-unsaturated/α-hetero) is 1. The second-order valence-electron chi connectivity index (χ2n) is 5.93. The summed E-state index contributed by atoms with van der Waals surface area (Å²) >= 11 is 0. The first-order chi connectivity index (χ1) is 11.5. The summed E-state index contributed by atoms with van der Waals surface area (Å²) in [6.07, 6.45) is 0. The Morgan fingerprint density at radius 2 is 1.58 bits per heavy atom. The molecule has 1 heterocycles. The Bertz CT molecular complexity index is 796. The standard InChI is InChI=1S/C20H19NO3/c1-13(15-9-5-3-6-10-15)21-18(16-11-7-4-8-12-16)17(14(2)22)19(23)20(21)24/h3-13,18,23H,1-2H3/t13-,18+/m1/s1. The van der Waals surface area contributed by atoms with Crippen molar-refractivity contribution < 1.29 is 14.7 Å². The lowest BCUT2D eigenvalue weighted by Crippen LogP contribution is -2.33. The quantitative estimate of drug-likeness (QED) is 0.933. The van der Waals surface area contributed by atoms with Crippen molar-refractivity contribution in [2.45, 2.75) is 25.9 Å². The van der Waals surface area contributed by atoms with Gasteiger partial charge in [0.05, 0.1) is 17.7 Å². The van der Waals surface area contributed by atoms with E-state index in [1.807, 2.05) is 67.6 Å². The minimum atomic E-state index is -0.577. The molecule has 1 amide bonds. The molecule has 0 aromatic heterocycles. The van der Waals surface area contributed by atoms with Crippen molar-refractivity contribution in [1.29, 1.82) is 0 Å². The van der Waals surface area contributed by atoms with E-state index in [1.165, 1.54) is 6.92 Å². The van der Waals surface area contributed by atoms with Crippen LogP contribution in [0, 0.1) is 0 Å². The van der Waals surface area contributed by atoms with Crippen LogP contribution in [0.5, 0.6) is 0 Å². The summed E-state index contributed by atoms with van der Waals surface area (Å²) in [5, 5.41) is 10.3. The lowest BCUT2D eigenvalue weighted by molar-refractivity contribution is -0.131. The fraction of sp³-hybridized carbons (Fsp3) is 0.200. The second kappa shape index (κ2) is 6.32. The number of rotatable bonds is 4. The van der Waals surface area contributed by atoms with E-state index in [-0.39, 0.29) is 17.4 Å². The van der Waals surface area contributed by atoms with Gasteiger partial charge in [0.25, 0.3) is 5.91 Å². The molecule has 24 heavy (non-hydrogen) atoms. The van der Waals surface area contributed by atoms with E-state index in [4.69, 9.17) is 0 Å². The summed E-state index contributed by atoms with van der Waals surface area (Å²) in [4.78, 5) is 26.4. The van der Waals surface area contributed by atoms with Crippen molar-refractivity contribution in [1.82, 2.24) is 4.90 Å². The van der Waals surface area contributed by atoms with Gasteiger partial charge in [-0.15, -0.1) is 0 Å². The predicted molar refractivity (Wildman–Crippen MR) is 91.2 cm³/mol. The first kappa shape index (κ1) is 16.0. The van der Waals surface area contributed by atoms with Crippen molar-refractivity contribution in [3.63, 3.8) is 0 Å². The number of aliphatic hydroxyl groups is 1. The van der Waals surface area contributed by atoms with Crippen LogP contribution in [0.4, 0.5) is 0 Å². The molecule has 4 heteroatoms. The molecule has 0 bridgehead atoms. The van der Waals surface area contributed by atoms with Gasteiger partial charge in [-0.1, -0.05) is 60.7 Å². The van der Waals surface area contributed by atoms with Crippen LogP contribution in [0.1, 0.15) is 37.1 Å². The number of amides is 1. The van der Waals surface area contributed by atoms with Gasteiger partial charge in [0.1, 0.15) is 0 Å². The molecule has 2 aromatic rings. The third-order valence-corrected chi connectivity index (χ3v) is 4.44. The Labute approximate surface area is 141 Å². The zero-order chi connectivity index (χ0) is 17.3. The molecule has 1 aliphatic rings. The SMILES string of the molecule is CC(=O)C1=C(O)C(=O)N([C@H](C)c2ccccc2)[C@H]1c1ccccc1. The molecule has 1 N–H and O–H groups in total. The monoisotopic (exact) mass is 321 g/mol. The number of hydrogen-bond donors (Lipinski definition) is 1. The zero-order valence-corrected chi connectivity index (χ0v) is 13.6. The average Bonchev–Trinajstić information content (AvgIpc) is 2.87. The van der Waals surface area contributed by atoms with Crippen molar-refractivity contribution in [2.75, 3.05) is 0 Å². The Balaban J connectivity index is 2.11. The maximum Gasteiger partial charge on any atom is 0.290 e. The Kier molecular flexibility index (Phi) is 4.21. The van der Waals surface area contributed by atoms with E-state index in [0.29, 0.717) is 0 Å². The molecule has 2 aromatic carbocycles. The van der Waals surface area contributed by atoms with Crippen molar-refractivity contribution >= 4 is 11.7 Å². The number of carbonyl (C=O) groups is 2. The summed E-state index contributed by atoms with van der Waals surface area (Å²) in [7, 11) is 0. The van der Waals surface area contributed by atoms with Gasteiger partial charge in [-0.2, -0.15) is 0 Å². The highest BCUT2D eigenvalue weighted by atomic mass is 16.3. The van der Waals surface area contributed by atoms with E-state index in [9.17, 15) is 14.7 Å². The minimum Gasteiger partial charge on any atom is -0.503 e. The van der Waals surface area contributed by atoms with E-state index in [0.717, 1.165) is 11.1 Å². The molecule has 1 aliphatic heterocycles. The van der Waals surface area contributed by atoms with Crippen LogP contribution in [0.15, 0.2) is 72.0 Å². The summed E-state index contributed by atoms with van der Waals surface area (Å²) < 4.78 is 0. The third-order valence-electron chi connectivity index (χ3n) is 4.44. The van der Waals surface area contributed by atoms with Gasteiger partial charge in [0.2, 0.25) is 0 Å². The fourth-order valence-corrected chi connectivity index (χ4v) is 3.24. The molecule has 4 nitrogen and oxygen atoms in total. The number of nitrogens with zero attached hydrogens (tertiary/aromatic N) is 1. The molecule has 122 valence electrons. The molecule has 0 fully saturated rings. The van der Waals surface area contributed by atoms with Crippen LogP contribution in [-0.4, -0.2) is 21.7 Å². The van der Waals surface area contributed by atoms with E-state index >= 15 is 0 Å². The van der Waals surface area contributed by atoms with Crippen molar-refractivity contribution in [3.8, 4) is 0 Å². The third kappa shape index (κ3) is 2.60. The van der Waals surface area contributed by atoms with Gasteiger partial charge in [-0.25, -0.2) is 0 Å². The smallest absolute Gasteiger partial charge is 0.290 e. The largest absolute Gasteiger partial charge is 0.503 e. The Hall–Kier alpha value is -2.88. The first-order valence-electron chi connectivity index (χ1n) is 7.89. The number of carbonyl (C=O) groups excluding carboxylic acids is 2.